The maximum absolute atomic E-state index is 11.9. The molecular formula is C14H21ClN2O2. The average molecular weight is 285 g/mol. The van der Waals surface area contributed by atoms with E-state index in [1.807, 2.05) is 32.0 Å². The standard InChI is InChI=1S/C14H20N2O2.ClH/c1-10(2)18-8-7-16-14(17)12-3-4-13-11(9-12)5-6-15-13;/h3-4,9-10,15H,5-8H2,1-2H3,(H,16,17);1H. The molecule has 2 rings (SSSR count). The van der Waals surface area contributed by atoms with Gasteiger partial charge in [0.2, 0.25) is 0 Å². The highest BCUT2D eigenvalue weighted by Gasteiger charge is 2.13. The van der Waals surface area contributed by atoms with Crippen molar-refractivity contribution in [3.05, 3.63) is 29.3 Å². The lowest BCUT2D eigenvalue weighted by atomic mass is 10.1. The number of carbonyl (C=O) groups excluding carboxylic acids is 1. The molecule has 106 valence electrons. The van der Waals surface area contributed by atoms with Crippen LogP contribution in [0.1, 0.15) is 29.8 Å². The van der Waals surface area contributed by atoms with Gasteiger partial charge in [-0.15, -0.1) is 12.4 Å². The van der Waals surface area contributed by atoms with E-state index in [0.29, 0.717) is 13.2 Å². The molecule has 1 aliphatic heterocycles. The minimum Gasteiger partial charge on any atom is -0.384 e. The fraction of sp³-hybridized carbons (Fsp3) is 0.500. The van der Waals surface area contributed by atoms with E-state index in [4.69, 9.17) is 4.74 Å². The van der Waals surface area contributed by atoms with E-state index < -0.39 is 0 Å². The monoisotopic (exact) mass is 284 g/mol. The molecule has 1 aliphatic rings. The molecule has 19 heavy (non-hydrogen) atoms. The van der Waals surface area contributed by atoms with Crippen LogP contribution in [-0.4, -0.2) is 31.7 Å². The summed E-state index contributed by atoms with van der Waals surface area (Å²) in [6, 6.07) is 5.80. The summed E-state index contributed by atoms with van der Waals surface area (Å²) >= 11 is 0. The van der Waals surface area contributed by atoms with Crippen molar-refractivity contribution >= 4 is 24.0 Å². The molecular weight excluding hydrogens is 264 g/mol. The minimum atomic E-state index is -0.0305. The molecule has 0 aromatic heterocycles. The molecule has 0 fully saturated rings. The van der Waals surface area contributed by atoms with Crippen LogP contribution in [0.2, 0.25) is 0 Å². The predicted octanol–water partition coefficient (Wildman–Crippen LogP) is 2.23. The Morgan fingerprint density at radius 1 is 1.47 bits per heavy atom. The predicted molar refractivity (Wildman–Crippen MR) is 79.3 cm³/mol. The zero-order valence-electron chi connectivity index (χ0n) is 11.4. The molecule has 4 nitrogen and oxygen atoms in total. The Hall–Kier alpha value is -1.26. The quantitative estimate of drug-likeness (QED) is 0.815. The molecule has 1 heterocycles. The van der Waals surface area contributed by atoms with Crippen LogP contribution >= 0.6 is 12.4 Å². The first kappa shape index (κ1) is 15.8. The summed E-state index contributed by atoms with van der Waals surface area (Å²) in [6.45, 7) is 6.02. The van der Waals surface area contributed by atoms with E-state index >= 15 is 0 Å². The van der Waals surface area contributed by atoms with E-state index in [1.165, 1.54) is 5.56 Å². The number of hydrogen-bond acceptors (Lipinski definition) is 3. The van der Waals surface area contributed by atoms with Gasteiger partial charge in [-0.25, -0.2) is 0 Å². The van der Waals surface area contributed by atoms with Crippen molar-refractivity contribution in [1.29, 1.82) is 0 Å². The summed E-state index contributed by atoms with van der Waals surface area (Å²) in [4.78, 5) is 11.9. The second kappa shape index (κ2) is 7.36. The Morgan fingerprint density at radius 3 is 3.00 bits per heavy atom. The normalized spacial score (nSPS) is 12.6. The van der Waals surface area contributed by atoms with Crippen LogP contribution in [0.4, 0.5) is 5.69 Å². The third-order valence-corrected chi connectivity index (χ3v) is 2.92. The summed E-state index contributed by atoms with van der Waals surface area (Å²) in [5.41, 5.74) is 3.10. The largest absolute Gasteiger partial charge is 0.384 e. The lowest BCUT2D eigenvalue weighted by molar-refractivity contribution is 0.0746. The van der Waals surface area contributed by atoms with Gasteiger partial charge in [0.05, 0.1) is 12.7 Å². The average Bonchev–Trinajstić information content (AvgIpc) is 2.81. The van der Waals surface area contributed by atoms with Crippen LogP contribution in [0.3, 0.4) is 0 Å². The van der Waals surface area contributed by atoms with E-state index in [-0.39, 0.29) is 24.4 Å². The molecule has 0 unspecified atom stereocenters. The number of rotatable bonds is 5. The van der Waals surface area contributed by atoms with Crippen LogP contribution in [0.5, 0.6) is 0 Å². The van der Waals surface area contributed by atoms with Gasteiger partial charge in [0.15, 0.2) is 0 Å². The van der Waals surface area contributed by atoms with Crippen molar-refractivity contribution < 1.29 is 9.53 Å². The Bertz CT molecular complexity index is 435. The minimum absolute atomic E-state index is 0. The topological polar surface area (TPSA) is 50.4 Å². The third kappa shape index (κ3) is 4.40. The van der Waals surface area contributed by atoms with Gasteiger partial charge in [-0.05, 0) is 44.0 Å². The fourth-order valence-corrected chi connectivity index (χ4v) is 2.01. The molecule has 1 aromatic carbocycles. The van der Waals surface area contributed by atoms with Gasteiger partial charge in [-0.1, -0.05) is 0 Å². The van der Waals surface area contributed by atoms with Crippen LogP contribution in [-0.2, 0) is 11.2 Å². The number of amides is 1. The molecule has 0 bridgehead atoms. The number of fused-ring (bicyclic) bond motifs is 1. The van der Waals surface area contributed by atoms with E-state index in [0.717, 1.165) is 24.2 Å². The van der Waals surface area contributed by atoms with Crippen molar-refractivity contribution in [2.75, 3.05) is 25.0 Å². The Labute approximate surface area is 120 Å². The second-order valence-corrected chi connectivity index (χ2v) is 4.72. The molecule has 0 spiro atoms. The summed E-state index contributed by atoms with van der Waals surface area (Å²) in [6.07, 6.45) is 1.19. The number of halogens is 1. The zero-order valence-corrected chi connectivity index (χ0v) is 12.2. The number of anilines is 1. The molecule has 0 saturated heterocycles. The van der Waals surface area contributed by atoms with Crippen LogP contribution in [0.15, 0.2) is 18.2 Å². The summed E-state index contributed by atoms with van der Waals surface area (Å²) in [5, 5.41) is 6.14. The zero-order chi connectivity index (χ0) is 13.0. The van der Waals surface area contributed by atoms with Crippen LogP contribution in [0.25, 0.3) is 0 Å². The first-order valence-electron chi connectivity index (χ1n) is 6.43. The van der Waals surface area contributed by atoms with Gasteiger partial charge < -0.3 is 15.4 Å². The summed E-state index contributed by atoms with van der Waals surface area (Å²) < 4.78 is 5.38. The highest BCUT2D eigenvalue weighted by atomic mass is 35.5. The van der Waals surface area contributed by atoms with Crippen molar-refractivity contribution in [1.82, 2.24) is 5.32 Å². The van der Waals surface area contributed by atoms with E-state index in [9.17, 15) is 4.79 Å². The lowest BCUT2D eigenvalue weighted by Gasteiger charge is -2.09. The smallest absolute Gasteiger partial charge is 0.251 e. The number of ether oxygens (including phenoxy) is 1. The van der Waals surface area contributed by atoms with Crippen LogP contribution in [0, 0.1) is 0 Å². The van der Waals surface area contributed by atoms with Gasteiger partial charge in [0.25, 0.3) is 5.91 Å². The van der Waals surface area contributed by atoms with Crippen molar-refractivity contribution in [2.45, 2.75) is 26.4 Å². The van der Waals surface area contributed by atoms with E-state index in [1.54, 1.807) is 0 Å². The number of carbonyl (C=O) groups is 1. The Morgan fingerprint density at radius 2 is 2.26 bits per heavy atom. The SMILES string of the molecule is CC(C)OCCNC(=O)c1ccc2c(c1)CCN2.Cl. The number of nitrogens with one attached hydrogen (secondary N) is 2. The first-order valence-corrected chi connectivity index (χ1v) is 6.43. The fourth-order valence-electron chi connectivity index (χ4n) is 2.01. The first-order chi connectivity index (χ1) is 8.66. The molecule has 1 amide bonds. The Balaban J connectivity index is 0.00000180. The van der Waals surface area contributed by atoms with Crippen LogP contribution < -0.4 is 10.6 Å². The summed E-state index contributed by atoms with van der Waals surface area (Å²) in [7, 11) is 0. The number of hydrogen-bond donors (Lipinski definition) is 2. The molecule has 0 saturated carbocycles. The second-order valence-electron chi connectivity index (χ2n) is 4.72. The Kier molecular flexibility index (Phi) is 6.12. The highest BCUT2D eigenvalue weighted by Crippen LogP contribution is 2.22. The maximum Gasteiger partial charge on any atom is 0.251 e. The van der Waals surface area contributed by atoms with E-state index in [2.05, 4.69) is 10.6 Å². The molecule has 0 aliphatic carbocycles. The summed E-state index contributed by atoms with van der Waals surface area (Å²) in [5.74, 6) is -0.0305. The van der Waals surface area contributed by atoms with Crippen molar-refractivity contribution in [2.24, 2.45) is 0 Å². The molecule has 1 aromatic rings. The molecule has 5 heteroatoms. The van der Waals surface area contributed by atoms with Crippen molar-refractivity contribution in [3.63, 3.8) is 0 Å². The van der Waals surface area contributed by atoms with Crippen molar-refractivity contribution in [3.8, 4) is 0 Å². The maximum atomic E-state index is 11.9. The third-order valence-electron chi connectivity index (χ3n) is 2.92. The van der Waals surface area contributed by atoms with Gasteiger partial charge >= 0.3 is 0 Å². The number of benzene rings is 1. The highest BCUT2D eigenvalue weighted by molar-refractivity contribution is 5.95. The van der Waals surface area contributed by atoms with Gasteiger partial charge in [-0.3, -0.25) is 4.79 Å². The van der Waals surface area contributed by atoms with Gasteiger partial charge in [-0.2, -0.15) is 0 Å². The molecule has 0 radical (unpaired) electrons. The van der Waals surface area contributed by atoms with Gasteiger partial charge in [0, 0.05) is 24.3 Å². The van der Waals surface area contributed by atoms with Gasteiger partial charge in [0.1, 0.15) is 0 Å². The molecule has 2 N–H and O–H groups in total. The lowest BCUT2D eigenvalue weighted by Crippen LogP contribution is -2.28. The molecule has 0 atom stereocenters.